The zero-order valence-electron chi connectivity index (χ0n) is 10.7. The summed E-state index contributed by atoms with van der Waals surface area (Å²) in [6, 6.07) is 1.67. The van der Waals surface area contributed by atoms with Crippen LogP contribution in [0.4, 0.5) is 0 Å². The van der Waals surface area contributed by atoms with Crippen molar-refractivity contribution in [1.29, 1.82) is 0 Å². The van der Waals surface area contributed by atoms with E-state index < -0.39 is 0 Å². The van der Waals surface area contributed by atoms with Crippen LogP contribution in [0.3, 0.4) is 0 Å². The number of likely N-dealkylation sites (tertiary alicyclic amines) is 1. The van der Waals surface area contributed by atoms with Crippen molar-refractivity contribution in [1.82, 2.24) is 10.2 Å². The molecule has 0 bridgehead atoms. The molecular weight excluding hydrogens is 216 g/mol. The lowest BCUT2D eigenvalue weighted by Gasteiger charge is -2.41. The van der Waals surface area contributed by atoms with Gasteiger partial charge in [0.1, 0.15) is 0 Å². The van der Waals surface area contributed by atoms with Crippen molar-refractivity contribution in [2.24, 2.45) is 0 Å². The highest BCUT2D eigenvalue weighted by Gasteiger charge is 2.35. The molecule has 0 aromatic carbocycles. The first-order valence-electron chi connectivity index (χ1n) is 6.86. The van der Waals surface area contributed by atoms with Gasteiger partial charge in [0.05, 0.1) is 0 Å². The van der Waals surface area contributed by atoms with E-state index in [-0.39, 0.29) is 0 Å². The fourth-order valence-electron chi connectivity index (χ4n) is 3.31. The van der Waals surface area contributed by atoms with Gasteiger partial charge in [-0.25, -0.2) is 0 Å². The summed E-state index contributed by atoms with van der Waals surface area (Å²) in [7, 11) is 0. The molecule has 0 aromatic heterocycles. The topological polar surface area (TPSA) is 15.3 Å². The van der Waals surface area contributed by atoms with Gasteiger partial charge in [0.15, 0.2) is 0 Å². The van der Waals surface area contributed by atoms with Crippen LogP contribution in [0, 0.1) is 0 Å². The zero-order valence-corrected chi connectivity index (χ0v) is 11.6. The highest BCUT2D eigenvalue weighted by atomic mass is 32.2. The Hall–Kier alpha value is 0.270. The Bertz CT molecular complexity index is 208. The van der Waals surface area contributed by atoms with Crippen LogP contribution in [0.5, 0.6) is 0 Å². The number of piperidine rings is 1. The molecule has 2 rings (SSSR count). The molecule has 0 amide bonds. The van der Waals surface area contributed by atoms with Crippen molar-refractivity contribution < 1.29 is 0 Å². The van der Waals surface area contributed by atoms with E-state index >= 15 is 0 Å². The van der Waals surface area contributed by atoms with E-state index in [9.17, 15) is 0 Å². The van der Waals surface area contributed by atoms with Gasteiger partial charge in [-0.1, -0.05) is 19.8 Å². The first kappa shape index (κ1) is 12.7. The van der Waals surface area contributed by atoms with Crippen molar-refractivity contribution in [3.05, 3.63) is 0 Å². The fraction of sp³-hybridized carbons (Fsp3) is 1.00. The molecule has 2 saturated heterocycles. The van der Waals surface area contributed by atoms with E-state index in [2.05, 4.69) is 35.2 Å². The summed E-state index contributed by atoms with van der Waals surface area (Å²) in [6.07, 6.45) is 9.31. The average Bonchev–Trinajstić information content (AvgIpc) is 2.78. The Morgan fingerprint density at radius 1 is 1.31 bits per heavy atom. The third-order valence-electron chi connectivity index (χ3n) is 4.15. The number of nitrogens with zero attached hydrogens (tertiary/aromatic N) is 1. The van der Waals surface area contributed by atoms with Gasteiger partial charge >= 0.3 is 0 Å². The van der Waals surface area contributed by atoms with Crippen LogP contribution < -0.4 is 5.32 Å². The van der Waals surface area contributed by atoms with E-state index in [1.165, 1.54) is 51.7 Å². The maximum absolute atomic E-state index is 3.57. The maximum Gasteiger partial charge on any atom is 0.0354 e. The van der Waals surface area contributed by atoms with Crippen molar-refractivity contribution in [2.45, 2.75) is 56.4 Å². The summed E-state index contributed by atoms with van der Waals surface area (Å²) >= 11 is 2.05. The van der Waals surface area contributed by atoms with E-state index in [0.29, 0.717) is 0 Å². The van der Waals surface area contributed by atoms with Gasteiger partial charge in [-0.05, 0) is 32.1 Å². The van der Waals surface area contributed by atoms with E-state index in [0.717, 1.165) is 17.3 Å². The third kappa shape index (κ3) is 2.74. The molecule has 2 nitrogen and oxygen atoms in total. The number of rotatable bonds is 4. The van der Waals surface area contributed by atoms with Gasteiger partial charge in [0.2, 0.25) is 0 Å². The summed E-state index contributed by atoms with van der Waals surface area (Å²) in [5.41, 5.74) is 0. The van der Waals surface area contributed by atoms with Crippen LogP contribution in [0.15, 0.2) is 0 Å². The number of hydrogen-bond donors (Lipinski definition) is 1. The molecule has 2 aliphatic heterocycles. The van der Waals surface area contributed by atoms with Gasteiger partial charge in [-0.2, -0.15) is 11.8 Å². The molecule has 2 aliphatic rings. The van der Waals surface area contributed by atoms with Gasteiger partial charge < -0.3 is 5.32 Å². The lowest BCUT2D eigenvalue weighted by molar-refractivity contribution is 0.0989. The molecule has 3 heteroatoms. The normalized spacial score (nSPS) is 36.8. The van der Waals surface area contributed by atoms with Gasteiger partial charge in [-0.15, -0.1) is 0 Å². The summed E-state index contributed by atoms with van der Waals surface area (Å²) in [6.45, 7) is 6.09. The molecule has 2 fully saturated rings. The van der Waals surface area contributed by atoms with E-state index in [1.807, 2.05) is 0 Å². The molecule has 0 spiro atoms. The molecule has 3 atom stereocenters. The summed E-state index contributed by atoms with van der Waals surface area (Å²) in [5.74, 6) is 0. The Morgan fingerprint density at radius 3 is 2.94 bits per heavy atom. The van der Waals surface area contributed by atoms with Gasteiger partial charge in [0, 0.05) is 30.4 Å². The lowest BCUT2D eigenvalue weighted by Crippen LogP contribution is -2.50. The molecular formula is C13H26N2S. The second-order valence-electron chi connectivity index (χ2n) is 5.18. The maximum atomic E-state index is 3.57. The number of thioether (sulfide) groups is 1. The fourth-order valence-corrected chi connectivity index (χ4v) is 4.17. The van der Waals surface area contributed by atoms with Crippen molar-refractivity contribution in [2.75, 3.05) is 25.9 Å². The number of hydrogen-bond acceptors (Lipinski definition) is 3. The highest BCUT2D eigenvalue weighted by molar-refractivity contribution is 7.99. The van der Waals surface area contributed by atoms with Crippen LogP contribution in [0.1, 0.15) is 39.0 Å². The standard InChI is InChI=1S/C13H26N2S/c1-3-6-11-7-4-5-8-15(11)12-9-14-10-13(12)16-2/h11-14H,3-10H2,1-2H3. The molecule has 16 heavy (non-hydrogen) atoms. The molecule has 0 aliphatic carbocycles. The number of nitrogens with one attached hydrogen (secondary N) is 1. The zero-order chi connectivity index (χ0) is 11.4. The summed E-state index contributed by atoms with van der Waals surface area (Å²) in [5, 5.41) is 4.39. The van der Waals surface area contributed by atoms with Crippen molar-refractivity contribution in [3.63, 3.8) is 0 Å². The van der Waals surface area contributed by atoms with Crippen LogP contribution in [-0.4, -0.2) is 48.1 Å². The minimum atomic E-state index is 0.798. The summed E-state index contributed by atoms with van der Waals surface area (Å²) < 4.78 is 0. The highest BCUT2D eigenvalue weighted by Crippen LogP contribution is 2.28. The van der Waals surface area contributed by atoms with E-state index in [1.54, 1.807) is 0 Å². The SMILES string of the molecule is CCCC1CCCCN1C1CNCC1SC. The summed E-state index contributed by atoms with van der Waals surface area (Å²) in [4.78, 5) is 2.83. The average molecular weight is 242 g/mol. The minimum Gasteiger partial charge on any atom is -0.314 e. The molecule has 0 aromatic rings. The molecule has 0 radical (unpaired) electrons. The second-order valence-corrected chi connectivity index (χ2v) is 6.25. The second kappa shape index (κ2) is 6.27. The van der Waals surface area contributed by atoms with Crippen LogP contribution >= 0.6 is 11.8 Å². The van der Waals surface area contributed by atoms with Gasteiger partial charge in [-0.3, -0.25) is 4.90 Å². The predicted molar refractivity (Wildman–Crippen MR) is 73.2 cm³/mol. The molecule has 94 valence electrons. The Kier molecular flexibility index (Phi) is 4.98. The third-order valence-corrected chi connectivity index (χ3v) is 5.24. The van der Waals surface area contributed by atoms with Crippen LogP contribution in [0.2, 0.25) is 0 Å². The smallest absolute Gasteiger partial charge is 0.0354 e. The lowest BCUT2D eigenvalue weighted by atomic mass is 9.96. The Balaban J connectivity index is 1.98. The monoisotopic (exact) mass is 242 g/mol. The first-order chi connectivity index (χ1) is 7.86. The molecule has 0 saturated carbocycles. The van der Waals surface area contributed by atoms with E-state index in [4.69, 9.17) is 0 Å². The molecule has 1 N–H and O–H groups in total. The van der Waals surface area contributed by atoms with Crippen molar-refractivity contribution in [3.8, 4) is 0 Å². The molecule has 3 unspecified atom stereocenters. The first-order valence-corrected chi connectivity index (χ1v) is 8.15. The van der Waals surface area contributed by atoms with Crippen LogP contribution in [0.25, 0.3) is 0 Å². The van der Waals surface area contributed by atoms with Gasteiger partial charge in [0.25, 0.3) is 0 Å². The Morgan fingerprint density at radius 2 is 2.19 bits per heavy atom. The minimum absolute atomic E-state index is 0.798. The van der Waals surface area contributed by atoms with Crippen LogP contribution in [-0.2, 0) is 0 Å². The largest absolute Gasteiger partial charge is 0.314 e. The molecule has 2 heterocycles. The van der Waals surface area contributed by atoms with Crippen molar-refractivity contribution >= 4 is 11.8 Å². The quantitative estimate of drug-likeness (QED) is 0.814. The predicted octanol–water partition coefficient (Wildman–Crippen LogP) is 2.34. The Labute approximate surface area is 105 Å².